The predicted octanol–water partition coefficient (Wildman–Crippen LogP) is 4.49. The summed E-state index contributed by atoms with van der Waals surface area (Å²) in [5, 5.41) is 10.7. The summed E-state index contributed by atoms with van der Waals surface area (Å²) in [5.74, 6) is -0.172. The van der Waals surface area contributed by atoms with Crippen LogP contribution in [0.1, 0.15) is 56.6 Å². The largest absolute Gasteiger partial charge is 0.385 e. The van der Waals surface area contributed by atoms with Crippen molar-refractivity contribution in [1.82, 2.24) is 0 Å². The molecular formula is C25H30Cl2N2O3. The van der Waals surface area contributed by atoms with Crippen LogP contribution in [0, 0.1) is 5.92 Å². The van der Waals surface area contributed by atoms with Crippen molar-refractivity contribution in [3.63, 3.8) is 0 Å². The second-order valence-corrected chi connectivity index (χ2v) is 9.65. The molecule has 0 spiro atoms. The first-order valence-corrected chi connectivity index (χ1v) is 11.7. The van der Waals surface area contributed by atoms with Gasteiger partial charge in [-0.1, -0.05) is 72.9 Å². The number of benzene rings is 2. The molecular weight excluding hydrogens is 447 g/mol. The summed E-state index contributed by atoms with van der Waals surface area (Å²) in [5.41, 5.74) is 11.8. The number of ketones is 2. The Kier molecular flexibility index (Phi) is 7.79. The molecule has 2 aliphatic carbocycles. The minimum Gasteiger partial charge on any atom is -0.385 e. The molecule has 2 aromatic rings. The van der Waals surface area contributed by atoms with Crippen molar-refractivity contribution in [3.05, 3.63) is 69.7 Å². The summed E-state index contributed by atoms with van der Waals surface area (Å²) < 4.78 is 0. The van der Waals surface area contributed by atoms with Gasteiger partial charge in [-0.05, 0) is 55.4 Å². The van der Waals surface area contributed by atoms with Crippen molar-refractivity contribution in [2.75, 3.05) is 0 Å². The molecule has 0 bridgehead atoms. The van der Waals surface area contributed by atoms with E-state index in [1.807, 2.05) is 25.1 Å². The summed E-state index contributed by atoms with van der Waals surface area (Å²) >= 11 is 12.2. The lowest BCUT2D eigenvalue weighted by molar-refractivity contribution is -0.136. The van der Waals surface area contributed by atoms with Crippen LogP contribution < -0.4 is 11.5 Å². The molecule has 0 aliphatic heterocycles. The van der Waals surface area contributed by atoms with E-state index in [4.69, 9.17) is 34.7 Å². The second-order valence-electron chi connectivity index (χ2n) is 8.83. The van der Waals surface area contributed by atoms with Gasteiger partial charge in [0.2, 0.25) is 0 Å². The smallest absolute Gasteiger partial charge is 0.185 e. The normalized spacial score (nSPS) is 30.4. The van der Waals surface area contributed by atoms with Gasteiger partial charge in [0.15, 0.2) is 11.6 Å². The number of nitrogens with two attached hydrogens (primary N) is 2. The van der Waals surface area contributed by atoms with Gasteiger partial charge in [0.05, 0.1) is 0 Å². The highest BCUT2D eigenvalue weighted by Gasteiger charge is 2.43. The number of halogens is 2. The zero-order chi connectivity index (χ0) is 23.5. The average Bonchev–Trinajstić information content (AvgIpc) is 2.77. The van der Waals surface area contributed by atoms with Crippen LogP contribution >= 0.6 is 23.2 Å². The molecule has 5 N–H and O–H groups in total. The van der Waals surface area contributed by atoms with Crippen LogP contribution in [0.3, 0.4) is 0 Å². The van der Waals surface area contributed by atoms with E-state index in [1.54, 1.807) is 30.3 Å². The molecule has 172 valence electrons. The third kappa shape index (κ3) is 4.78. The van der Waals surface area contributed by atoms with Crippen LogP contribution in [0.2, 0.25) is 10.0 Å². The zero-order valence-electron chi connectivity index (χ0n) is 18.2. The fourth-order valence-corrected chi connectivity index (χ4v) is 5.30. The molecule has 4 rings (SSSR count). The number of aliphatic hydroxyl groups is 1. The summed E-state index contributed by atoms with van der Waals surface area (Å²) in [6.07, 6.45) is 3.40. The second kappa shape index (κ2) is 10.0. The van der Waals surface area contributed by atoms with Gasteiger partial charge < -0.3 is 16.6 Å². The van der Waals surface area contributed by atoms with Crippen molar-refractivity contribution in [2.24, 2.45) is 17.4 Å². The monoisotopic (exact) mass is 476 g/mol. The first kappa shape index (κ1) is 24.9. The van der Waals surface area contributed by atoms with Crippen LogP contribution in [-0.2, 0) is 20.7 Å². The number of aliphatic hydroxyl groups excluding tert-OH is 1. The van der Waals surface area contributed by atoms with Crippen LogP contribution in [0.25, 0.3) is 0 Å². The lowest BCUT2D eigenvalue weighted by Crippen LogP contribution is -2.52. The molecule has 0 aromatic heterocycles. The van der Waals surface area contributed by atoms with Crippen LogP contribution in [0.5, 0.6) is 0 Å². The van der Waals surface area contributed by atoms with E-state index in [1.165, 1.54) is 0 Å². The Balaban J connectivity index is 0.000000181. The summed E-state index contributed by atoms with van der Waals surface area (Å²) in [6.45, 7) is 1.94. The maximum atomic E-state index is 12.2. The Morgan fingerprint density at radius 2 is 1.25 bits per heavy atom. The predicted molar refractivity (Wildman–Crippen MR) is 128 cm³/mol. The molecule has 2 aliphatic rings. The minimum absolute atomic E-state index is 0.0371. The summed E-state index contributed by atoms with van der Waals surface area (Å²) in [4.78, 5) is 24.2. The fourth-order valence-electron chi connectivity index (χ4n) is 4.69. The number of Topliss-reactive ketones (excluding diaryl/α,β-unsaturated/α-hetero) is 2. The van der Waals surface area contributed by atoms with Gasteiger partial charge in [-0.15, -0.1) is 0 Å². The summed E-state index contributed by atoms with van der Waals surface area (Å²) in [7, 11) is 0. The Labute approximate surface area is 199 Å². The van der Waals surface area contributed by atoms with Crippen molar-refractivity contribution in [2.45, 2.75) is 62.6 Å². The van der Waals surface area contributed by atoms with Gasteiger partial charge in [-0.25, -0.2) is 0 Å². The lowest BCUT2D eigenvalue weighted by Gasteiger charge is -2.36. The molecule has 32 heavy (non-hydrogen) atoms. The number of carbonyl (C=O) groups is 2. The lowest BCUT2D eigenvalue weighted by atomic mass is 9.72. The quantitative estimate of drug-likeness (QED) is 0.591. The van der Waals surface area contributed by atoms with Crippen molar-refractivity contribution < 1.29 is 14.7 Å². The number of hydrogen-bond donors (Lipinski definition) is 3. The highest BCUT2D eigenvalue weighted by molar-refractivity contribution is 6.32. The molecule has 0 amide bonds. The van der Waals surface area contributed by atoms with Gasteiger partial charge in [0, 0.05) is 16.0 Å². The molecule has 0 heterocycles. The zero-order valence-corrected chi connectivity index (χ0v) is 19.7. The van der Waals surface area contributed by atoms with E-state index < -0.39 is 17.2 Å². The van der Waals surface area contributed by atoms with Gasteiger partial charge in [0.1, 0.15) is 17.2 Å². The van der Waals surface area contributed by atoms with E-state index in [2.05, 4.69) is 0 Å². The van der Waals surface area contributed by atoms with E-state index >= 15 is 0 Å². The Bertz CT molecular complexity index is 919. The minimum atomic E-state index is -1.13. The van der Waals surface area contributed by atoms with Crippen molar-refractivity contribution in [1.29, 1.82) is 0 Å². The van der Waals surface area contributed by atoms with E-state index in [-0.39, 0.29) is 17.5 Å². The van der Waals surface area contributed by atoms with Crippen molar-refractivity contribution >= 4 is 34.8 Å². The SMILES string of the molecule is C[C@H]1CCC[C@](N)(c2ccccc2Cl)C1=O.N[C@@]1(c2ccccc2Cl)CCC[C@@H](O)C1=O. The van der Waals surface area contributed by atoms with Gasteiger partial charge >= 0.3 is 0 Å². The van der Waals surface area contributed by atoms with Gasteiger partial charge in [-0.2, -0.15) is 0 Å². The summed E-state index contributed by atoms with van der Waals surface area (Å²) in [6, 6.07) is 14.4. The molecule has 2 fully saturated rings. The Morgan fingerprint density at radius 3 is 1.75 bits per heavy atom. The Morgan fingerprint density at radius 1 is 0.812 bits per heavy atom. The van der Waals surface area contributed by atoms with Crippen LogP contribution in [0.4, 0.5) is 0 Å². The third-order valence-electron chi connectivity index (χ3n) is 6.60. The average molecular weight is 477 g/mol. The molecule has 2 aromatic carbocycles. The van der Waals surface area contributed by atoms with E-state index in [0.29, 0.717) is 34.9 Å². The first-order chi connectivity index (χ1) is 15.1. The Hall–Kier alpha value is -1.76. The maximum Gasteiger partial charge on any atom is 0.185 e. The van der Waals surface area contributed by atoms with Crippen LogP contribution in [-0.4, -0.2) is 22.8 Å². The molecule has 5 nitrogen and oxygen atoms in total. The fraction of sp³-hybridized carbons (Fsp3) is 0.440. The highest BCUT2D eigenvalue weighted by atomic mass is 35.5. The first-order valence-electron chi connectivity index (χ1n) is 11.0. The third-order valence-corrected chi connectivity index (χ3v) is 7.25. The molecule has 0 unspecified atom stereocenters. The number of carbonyl (C=O) groups excluding carboxylic acids is 2. The van der Waals surface area contributed by atoms with Gasteiger partial charge in [0.25, 0.3) is 0 Å². The molecule has 2 saturated carbocycles. The van der Waals surface area contributed by atoms with Crippen LogP contribution in [0.15, 0.2) is 48.5 Å². The standard InChI is InChI=1S/C13H16ClNO.C12H14ClNO2/c1-9-5-4-8-13(15,12(9)16)10-6-2-3-7-11(10)14;13-9-5-2-1-4-8(9)12(14)7-3-6-10(15)11(12)16/h2-3,6-7,9H,4-5,8,15H2,1H3;1-2,4-5,10,15H,3,6-7,14H2/t9-,13-;10-,12-/m01/s1. The molecule has 7 heteroatoms. The molecule has 4 atom stereocenters. The van der Waals surface area contributed by atoms with Crippen molar-refractivity contribution in [3.8, 4) is 0 Å². The molecule has 0 saturated heterocycles. The maximum absolute atomic E-state index is 12.2. The highest BCUT2D eigenvalue weighted by Crippen LogP contribution is 2.38. The molecule has 0 radical (unpaired) electrons. The number of hydrogen-bond acceptors (Lipinski definition) is 5. The topological polar surface area (TPSA) is 106 Å². The number of rotatable bonds is 2. The van der Waals surface area contributed by atoms with Gasteiger partial charge in [-0.3, -0.25) is 9.59 Å². The van der Waals surface area contributed by atoms with E-state index in [9.17, 15) is 14.7 Å². The van der Waals surface area contributed by atoms with E-state index in [0.717, 1.165) is 24.8 Å².